The Morgan fingerprint density at radius 2 is 1.85 bits per heavy atom. The molecule has 0 bridgehead atoms. The molecule has 98 valence electrons. The quantitative estimate of drug-likeness (QED) is 0.837. The molecule has 1 aliphatic carbocycles. The number of pyridine rings is 1. The number of carbonyl (C=O) groups excluding carboxylic acids is 2. The summed E-state index contributed by atoms with van der Waals surface area (Å²) in [7, 11) is 0. The SMILES string of the molecule is O=C1CC(=NCc2cccnc2)C(=O)c2ccccc21. The lowest BCUT2D eigenvalue weighted by atomic mass is 9.88. The van der Waals surface area contributed by atoms with Gasteiger partial charge in [0.05, 0.1) is 18.7 Å². The highest BCUT2D eigenvalue weighted by atomic mass is 16.1. The summed E-state index contributed by atoms with van der Waals surface area (Å²) >= 11 is 0. The average Bonchev–Trinajstić information content (AvgIpc) is 2.50. The van der Waals surface area contributed by atoms with Crippen LogP contribution in [0.25, 0.3) is 0 Å². The molecular formula is C16H12N2O2. The first-order chi connectivity index (χ1) is 9.75. The van der Waals surface area contributed by atoms with Crippen LogP contribution in [0, 0.1) is 0 Å². The van der Waals surface area contributed by atoms with E-state index in [1.54, 1.807) is 36.7 Å². The van der Waals surface area contributed by atoms with Gasteiger partial charge in [0.25, 0.3) is 0 Å². The van der Waals surface area contributed by atoms with Crippen LogP contribution in [0.3, 0.4) is 0 Å². The van der Waals surface area contributed by atoms with Gasteiger partial charge in [-0.1, -0.05) is 30.3 Å². The highest BCUT2D eigenvalue weighted by Gasteiger charge is 2.28. The third kappa shape index (κ3) is 2.28. The van der Waals surface area contributed by atoms with Gasteiger partial charge in [0, 0.05) is 23.5 Å². The first-order valence-electron chi connectivity index (χ1n) is 6.35. The number of benzene rings is 1. The molecule has 0 radical (unpaired) electrons. The molecule has 20 heavy (non-hydrogen) atoms. The standard InChI is InChI=1S/C16H12N2O2/c19-15-8-14(18-10-11-4-3-7-17-9-11)16(20)13-6-2-1-5-12(13)15/h1-7,9H,8,10H2. The Balaban J connectivity index is 1.90. The Kier molecular flexibility index (Phi) is 3.21. The lowest BCUT2D eigenvalue weighted by Crippen LogP contribution is -2.27. The van der Waals surface area contributed by atoms with Crippen molar-refractivity contribution in [2.75, 3.05) is 0 Å². The third-order valence-electron chi connectivity index (χ3n) is 3.24. The zero-order chi connectivity index (χ0) is 13.9. The molecule has 0 fully saturated rings. The van der Waals surface area contributed by atoms with Gasteiger partial charge >= 0.3 is 0 Å². The first kappa shape index (κ1) is 12.4. The Bertz CT molecular complexity index is 705. The van der Waals surface area contributed by atoms with Gasteiger partial charge in [-0.25, -0.2) is 0 Å². The number of carbonyl (C=O) groups is 2. The Morgan fingerprint density at radius 3 is 2.60 bits per heavy atom. The normalized spacial score (nSPS) is 16.3. The number of aromatic nitrogens is 1. The second-order valence-corrected chi connectivity index (χ2v) is 4.60. The van der Waals surface area contributed by atoms with Crippen LogP contribution in [0.2, 0.25) is 0 Å². The largest absolute Gasteiger partial charge is 0.294 e. The number of Topliss-reactive ketones (excluding diaryl/α,β-unsaturated/α-hetero) is 2. The van der Waals surface area contributed by atoms with E-state index in [4.69, 9.17) is 0 Å². The van der Waals surface area contributed by atoms with E-state index in [0.29, 0.717) is 23.4 Å². The second kappa shape index (κ2) is 5.17. The number of fused-ring (bicyclic) bond motifs is 1. The number of hydrogen-bond donors (Lipinski definition) is 0. The van der Waals surface area contributed by atoms with E-state index >= 15 is 0 Å². The fourth-order valence-electron chi connectivity index (χ4n) is 2.21. The van der Waals surface area contributed by atoms with Crippen LogP contribution < -0.4 is 0 Å². The van der Waals surface area contributed by atoms with Crippen LogP contribution in [0.5, 0.6) is 0 Å². The molecule has 0 spiro atoms. The summed E-state index contributed by atoms with van der Waals surface area (Å²) in [5.74, 6) is -0.200. The third-order valence-corrected chi connectivity index (χ3v) is 3.24. The molecule has 4 nitrogen and oxygen atoms in total. The Labute approximate surface area is 116 Å². The molecule has 2 aromatic rings. The van der Waals surface area contributed by atoms with Gasteiger partial charge in [0.15, 0.2) is 5.78 Å². The number of ketones is 2. The Hall–Kier alpha value is -2.62. The van der Waals surface area contributed by atoms with E-state index in [1.165, 1.54) is 0 Å². The van der Waals surface area contributed by atoms with E-state index in [9.17, 15) is 9.59 Å². The van der Waals surface area contributed by atoms with Crippen molar-refractivity contribution in [3.05, 3.63) is 65.5 Å². The first-order valence-corrected chi connectivity index (χ1v) is 6.35. The van der Waals surface area contributed by atoms with Crippen LogP contribution in [0.1, 0.15) is 32.7 Å². The summed E-state index contributed by atoms with van der Waals surface area (Å²) in [6.45, 7) is 0.365. The van der Waals surface area contributed by atoms with Gasteiger partial charge in [-0.2, -0.15) is 0 Å². The van der Waals surface area contributed by atoms with Gasteiger partial charge in [-0.3, -0.25) is 19.6 Å². The van der Waals surface area contributed by atoms with E-state index < -0.39 is 0 Å². The fraction of sp³-hybridized carbons (Fsp3) is 0.125. The molecule has 0 atom stereocenters. The van der Waals surface area contributed by atoms with Crippen LogP contribution >= 0.6 is 0 Å². The van der Waals surface area contributed by atoms with Crippen LogP contribution in [-0.4, -0.2) is 22.3 Å². The minimum absolute atomic E-state index is 0.0508. The molecule has 0 N–H and O–H groups in total. The predicted octanol–water partition coefficient (Wildman–Crippen LogP) is 2.49. The van der Waals surface area contributed by atoms with Crippen molar-refractivity contribution in [2.45, 2.75) is 13.0 Å². The molecule has 3 rings (SSSR count). The molecular weight excluding hydrogens is 252 g/mol. The molecule has 4 heteroatoms. The maximum absolute atomic E-state index is 12.3. The average molecular weight is 264 g/mol. The van der Waals surface area contributed by atoms with Crippen LogP contribution in [0.4, 0.5) is 0 Å². The number of hydrogen-bond acceptors (Lipinski definition) is 4. The van der Waals surface area contributed by atoms with Gasteiger partial charge in [0.2, 0.25) is 5.78 Å². The van der Waals surface area contributed by atoms with Crippen molar-refractivity contribution in [1.82, 2.24) is 4.98 Å². The molecule has 1 aromatic heterocycles. The van der Waals surface area contributed by atoms with Gasteiger partial charge in [-0.05, 0) is 11.6 Å². The zero-order valence-corrected chi connectivity index (χ0v) is 10.7. The van der Waals surface area contributed by atoms with E-state index in [1.807, 2.05) is 12.1 Å². The number of nitrogens with zero attached hydrogens (tertiary/aromatic N) is 2. The van der Waals surface area contributed by atoms with Crippen molar-refractivity contribution < 1.29 is 9.59 Å². The zero-order valence-electron chi connectivity index (χ0n) is 10.7. The van der Waals surface area contributed by atoms with Crippen LogP contribution in [0.15, 0.2) is 53.8 Å². The maximum Gasteiger partial charge on any atom is 0.207 e. The van der Waals surface area contributed by atoms with E-state index in [0.717, 1.165) is 5.56 Å². The van der Waals surface area contributed by atoms with Crippen molar-refractivity contribution >= 4 is 17.3 Å². The molecule has 1 heterocycles. The van der Waals surface area contributed by atoms with Crippen molar-refractivity contribution in [2.24, 2.45) is 4.99 Å². The molecule has 0 amide bonds. The molecule has 0 saturated heterocycles. The highest BCUT2D eigenvalue weighted by molar-refractivity contribution is 6.52. The van der Waals surface area contributed by atoms with E-state index in [2.05, 4.69) is 9.98 Å². The molecule has 1 aromatic carbocycles. The molecule has 0 aliphatic heterocycles. The highest BCUT2D eigenvalue weighted by Crippen LogP contribution is 2.20. The molecule has 0 unspecified atom stereocenters. The minimum atomic E-state index is -0.149. The lowest BCUT2D eigenvalue weighted by Gasteiger charge is -2.15. The van der Waals surface area contributed by atoms with Crippen molar-refractivity contribution in [3.63, 3.8) is 0 Å². The second-order valence-electron chi connectivity index (χ2n) is 4.60. The maximum atomic E-state index is 12.3. The molecule has 1 aliphatic rings. The smallest absolute Gasteiger partial charge is 0.207 e. The summed E-state index contributed by atoms with van der Waals surface area (Å²) in [5.41, 5.74) is 2.20. The van der Waals surface area contributed by atoms with Crippen molar-refractivity contribution in [3.8, 4) is 0 Å². The summed E-state index contributed by atoms with van der Waals surface area (Å²) in [4.78, 5) is 32.6. The molecule has 0 saturated carbocycles. The Morgan fingerprint density at radius 1 is 1.05 bits per heavy atom. The summed E-state index contributed by atoms with van der Waals surface area (Å²) in [5, 5.41) is 0. The number of aliphatic imine (C=N–C) groups is 1. The number of rotatable bonds is 2. The monoisotopic (exact) mass is 264 g/mol. The summed E-state index contributed by atoms with van der Waals surface area (Å²) in [6.07, 6.45) is 3.46. The van der Waals surface area contributed by atoms with Gasteiger partial charge < -0.3 is 0 Å². The van der Waals surface area contributed by atoms with Gasteiger partial charge in [-0.15, -0.1) is 0 Å². The summed E-state index contributed by atoms with van der Waals surface area (Å²) < 4.78 is 0. The van der Waals surface area contributed by atoms with Crippen molar-refractivity contribution in [1.29, 1.82) is 0 Å². The summed E-state index contributed by atoms with van der Waals surface area (Å²) in [6, 6.07) is 10.6. The van der Waals surface area contributed by atoms with Gasteiger partial charge in [0.1, 0.15) is 0 Å². The topological polar surface area (TPSA) is 59.4 Å². The lowest BCUT2D eigenvalue weighted by molar-refractivity contribution is 0.0964. The fourth-order valence-corrected chi connectivity index (χ4v) is 2.21. The van der Waals surface area contributed by atoms with E-state index in [-0.39, 0.29) is 18.0 Å². The predicted molar refractivity (Wildman–Crippen MR) is 75.1 cm³/mol. The minimum Gasteiger partial charge on any atom is -0.294 e. The van der Waals surface area contributed by atoms with Crippen LogP contribution in [-0.2, 0) is 6.54 Å².